The monoisotopic (exact) mass is 401 g/mol. The summed E-state index contributed by atoms with van der Waals surface area (Å²) in [5.74, 6) is -0.159. The van der Waals surface area contributed by atoms with Gasteiger partial charge in [-0.15, -0.1) is 11.3 Å². The summed E-state index contributed by atoms with van der Waals surface area (Å²) >= 11 is 1.54. The summed E-state index contributed by atoms with van der Waals surface area (Å²) in [5.41, 5.74) is 1.62. The SMILES string of the molecule is O=C(c1cc(S(=O)(=O)Nc2ccccc2-c2cccs2)c[nH]1)N1CCCC1. The van der Waals surface area contributed by atoms with Gasteiger partial charge in [-0.05, 0) is 36.4 Å². The van der Waals surface area contributed by atoms with Crippen molar-refractivity contribution in [1.82, 2.24) is 9.88 Å². The molecule has 1 fully saturated rings. The van der Waals surface area contributed by atoms with Crippen LogP contribution in [0.1, 0.15) is 23.3 Å². The molecule has 4 rings (SSSR count). The van der Waals surface area contributed by atoms with Crippen LogP contribution in [-0.4, -0.2) is 37.3 Å². The van der Waals surface area contributed by atoms with Crippen molar-refractivity contribution in [3.63, 3.8) is 0 Å². The number of benzene rings is 1. The maximum Gasteiger partial charge on any atom is 0.270 e. The van der Waals surface area contributed by atoms with Crippen molar-refractivity contribution in [2.45, 2.75) is 17.7 Å². The molecule has 0 bridgehead atoms. The highest BCUT2D eigenvalue weighted by molar-refractivity contribution is 7.92. The number of anilines is 1. The fourth-order valence-corrected chi connectivity index (χ4v) is 5.00. The molecule has 6 nitrogen and oxygen atoms in total. The number of H-pyrrole nitrogens is 1. The number of aromatic nitrogens is 1. The van der Waals surface area contributed by atoms with Gasteiger partial charge in [-0.1, -0.05) is 24.3 Å². The number of hydrogen-bond acceptors (Lipinski definition) is 4. The first-order valence-corrected chi connectivity index (χ1v) is 11.0. The summed E-state index contributed by atoms with van der Waals surface area (Å²) in [5, 5.41) is 1.95. The average Bonchev–Trinajstić information content (AvgIpc) is 3.44. The molecule has 0 spiro atoms. The van der Waals surface area contributed by atoms with Crippen LogP contribution in [0.2, 0.25) is 0 Å². The Morgan fingerprint density at radius 1 is 1.11 bits per heavy atom. The second kappa shape index (κ2) is 7.21. The normalized spacial score (nSPS) is 14.4. The van der Waals surface area contributed by atoms with Crippen molar-refractivity contribution >= 4 is 33.0 Å². The molecule has 1 saturated heterocycles. The molecule has 27 heavy (non-hydrogen) atoms. The molecule has 8 heteroatoms. The highest BCUT2D eigenvalue weighted by Crippen LogP contribution is 2.32. The van der Waals surface area contributed by atoms with Crippen molar-refractivity contribution in [2.75, 3.05) is 17.8 Å². The number of sulfonamides is 1. The lowest BCUT2D eigenvalue weighted by Crippen LogP contribution is -2.27. The Bertz CT molecular complexity index is 1050. The van der Waals surface area contributed by atoms with Gasteiger partial charge >= 0.3 is 0 Å². The minimum Gasteiger partial charge on any atom is -0.356 e. The van der Waals surface area contributed by atoms with Crippen LogP contribution in [0.5, 0.6) is 0 Å². The Balaban J connectivity index is 1.59. The van der Waals surface area contributed by atoms with Crippen LogP contribution in [-0.2, 0) is 10.0 Å². The number of nitrogens with one attached hydrogen (secondary N) is 2. The molecule has 0 saturated carbocycles. The van der Waals surface area contributed by atoms with Crippen molar-refractivity contribution in [3.8, 4) is 10.4 Å². The highest BCUT2D eigenvalue weighted by Gasteiger charge is 2.24. The van der Waals surface area contributed by atoms with Crippen LogP contribution in [0.4, 0.5) is 5.69 Å². The molecule has 1 aromatic carbocycles. The number of likely N-dealkylation sites (tertiary alicyclic amines) is 1. The molecule has 2 N–H and O–H groups in total. The number of hydrogen-bond donors (Lipinski definition) is 2. The van der Waals surface area contributed by atoms with Gasteiger partial charge in [-0.2, -0.15) is 0 Å². The second-order valence-corrected chi connectivity index (χ2v) is 9.01. The van der Waals surface area contributed by atoms with E-state index in [0.717, 1.165) is 23.3 Å². The van der Waals surface area contributed by atoms with E-state index in [9.17, 15) is 13.2 Å². The fourth-order valence-electron chi connectivity index (χ4n) is 3.17. The zero-order valence-electron chi connectivity index (χ0n) is 14.5. The Hall–Kier alpha value is -2.58. The van der Waals surface area contributed by atoms with E-state index in [1.54, 1.807) is 28.4 Å². The fraction of sp³-hybridized carbons (Fsp3) is 0.211. The molecule has 1 aliphatic rings. The summed E-state index contributed by atoms with van der Waals surface area (Å²) in [6.07, 6.45) is 3.33. The molecular weight excluding hydrogens is 382 g/mol. The molecule has 1 aliphatic heterocycles. The van der Waals surface area contributed by atoms with E-state index >= 15 is 0 Å². The molecule has 0 aliphatic carbocycles. The lowest BCUT2D eigenvalue weighted by molar-refractivity contribution is 0.0787. The quantitative estimate of drug-likeness (QED) is 0.683. The van der Waals surface area contributed by atoms with E-state index in [1.807, 2.05) is 29.6 Å². The first kappa shape index (κ1) is 17.8. The highest BCUT2D eigenvalue weighted by atomic mass is 32.2. The minimum atomic E-state index is -3.81. The predicted octanol–water partition coefficient (Wildman–Crippen LogP) is 3.78. The number of carbonyl (C=O) groups excluding carboxylic acids is 1. The van der Waals surface area contributed by atoms with Crippen LogP contribution in [0.15, 0.2) is 58.9 Å². The molecular formula is C19H19N3O3S2. The number of nitrogens with zero attached hydrogens (tertiary/aromatic N) is 1. The summed E-state index contributed by atoms with van der Waals surface area (Å²) in [6, 6.07) is 12.5. The van der Waals surface area contributed by atoms with E-state index in [0.29, 0.717) is 24.5 Å². The van der Waals surface area contributed by atoms with Gasteiger partial charge in [0, 0.05) is 29.7 Å². The standard InChI is InChI=1S/C19H19N3O3S2/c23-19(22-9-3-4-10-22)17-12-14(13-20-17)27(24,25)21-16-7-2-1-6-15(16)18-8-5-11-26-18/h1-2,5-8,11-13,20-21H,3-4,9-10H2. The third-order valence-corrected chi connectivity index (χ3v) is 6.80. The second-order valence-electron chi connectivity index (χ2n) is 6.38. The number of para-hydroxylation sites is 1. The third kappa shape index (κ3) is 3.63. The lowest BCUT2D eigenvalue weighted by atomic mass is 10.1. The average molecular weight is 402 g/mol. The van der Waals surface area contributed by atoms with E-state index < -0.39 is 10.0 Å². The van der Waals surface area contributed by atoms with Gasteiger partial charge in [0.1, 0.15) is 10.6 Å². The zero-order chi connectivity index (χ0) is 18.9. The van der Waals surface area contributed by atoms with Crippen molar-refractivity contribution in [3.05, 3.63) is 59.7 Å². The van der Waals surface area contributed by atoms with Gasteiger partial charge in [0.15, 0.2) is 0 Å². The molecule has 2 aromatic heterocycles. The van der Waals surface area contributed by atoms with E-state index in [4.69, 9.17) is 0 Å². The Morgan fingerprint density at radius 3 is 2.63 bits per heavy atom. The van der Waals surface area contributed by atoms with E-state index in [-0.39, 0.29) is 10.8 Å². The largest absolute Gasteiger partial charge is 0.356 e. The molecule has 140 valence electrons. The molecule has 0 atom stereocenters. The van der Waals surface area contributed by atoms with Gasteiger partial charge in [0.05, 0.1) is 5.69 Å². The van der Waals surface area contributed by atoms with Crippen molar-refractivity contribution in [1.29, 1.82) is 0 Å². The van der Waals surface area contributed by atoms with Crippen LogP contribution < -0.4 is 4.72 Å². The Morgan fingerprint density at radius 2 is 1.89 bits per heavy atom. The lowest BCUT2D eigenvalue weighted by Gasteiger charge is -2.13. The maximum atomic E-state index is 12.8. The first-order chi connectivity index (χ1) is 13.0. The summed E-state index contributed by atoms with van der Waals surface area (Å²) in [4.78, 5) is 18.0. The maximum absolute atomic E-state index is 12.8. The number of aromatic amines is 1. The smallest absolute Gasteiger partial charge is 0.270 e. The van der Waals surface area contributed by atoms with Crippen LogP contribution in [0, 0.1) is 0 Å². The zero-order valence-corrected chi connectivity index (χ0v) is 16.1. The number of amides is 1. The molecule has 1 amide bonds. The third-order valence-electron chi connectivity index (χ3n) is 4.55. The predicted molar refractivity (Wildman–Crippen MR) is 106 cm³/mol. The van der Waals surface area contributed by atoms with Crippen LogP contribution in [0.3, 0.4) is 0 Å². The first-order valence-electron chi connectivity index (χ1n) is 8.68. The van der Waals surface area contributed by atoms with Crippen LogP contribution in [0.25, 0.3) is 10.4 Å². The van der Waals surface area contributed by atoms with Gasteiger partial charge in [0.25, 0.3) is 15.9 Å². The topological polar surface area (TPSA) is 82.3 Å². The van der Waals surface area contributed by atoms with Gasteiger partial charge in [0.2, 0.25) is 0 Å². The number of carbonyl (C=O) groups is 1. The molecule has 0 unspecified atom stereocenters. The Kier molecular flexibility index (Phi) is 4.75. The van der Waals surface area contributed by atoms with Crippen molar-refractivity contribution in [2.24, 2.45) is 0 Å². The number of thiophene rings is 1. The molecule has 0 radical (unpaired) electrons. The van der Waals surface area contributed by atoms with Crippen molar-refractivity contribution < 1.29 is 13.2 Å². The number of rotatable bonds is 5. The van der Waals surface area contributed by atoms with Gasteiger partial charge < -0.3 is 9.88 Å². The Labute approximate surface area is 161 Å². The molecule has 3 aromatic rings. The summed E-state index contributed by atoms with van der Waals surface area (Å²) in [7, 11) is -3.81. The van der Waals surface area contributed by atoms with E-state index in [2.05, 4.69) is 9.71 Å². The van der Waals surface area contributed by atoms with Crippen LogP contribution >= 0.6 is 11.3 Å². The van der Waals surface area contributed by atoms with Gasteiger partial charge in [-0.25, -0.2) is 8.42 Å². The summed E-state index contributed by atoms with van der Waals surface area (Å²) in [6.45, 7) is 1.43. The van der Waals surface area contributed by atoms with Gasteiger partial charge in [-0.3, -0.25) is 9.52 Å². The minimum absolute atomic E-state index is 0.0472. The van der Waals surface area contributed by atoms with E-state index in [1.165, 1.54) is 12.3 Å². The summed E-state index contributed by atoms with van der Waals surface area (Å²) < 4.78 is 28.3. The molecule has 3 heterocycles.